The molecule has 0 saturated heterocycles. The highest BCUT2D eigenvalue weighted by molar-refractivity contribution is 5.93. The van der Waals surface area contributed by atoms with Gasteiger partial charge in [0.25, 0.3) is 5.91 Å². The number of nitrogen functional groups attached to an aromatic ring is 1. The minimum absolute atomic E-state index is 0.206. The summed E-state index contributed by atoms with van der Waals surface area (Å²) >= 11 is 0. The van der Waals surface area contributed by atoms with Crippen LogP contribution in [0, 0.1) is 13.8 Å². The van der Waals surface area contributed by atoms with Crippen molar-refractivity contribution in [3.05, 3.63) is 41.0 Å². The van der Waals surface area contributed by atoms with Gasteiger partial charge >= 0.3 is 0 Å². The number of hydrogen-bond acceptors (Lipinski definition) is 5. The number of carbonyl (C=O) groups is 1. The van der Waals surface area contributed by atoms with Crippen molar-refractivity contribution < 1.29 is 9.32 Å². The number of aromatic nitrogens is 2. The molecular formula is C13H16N4O2. The number of nitrogens with zero attached hydrogens (tertiary/aromatic N) is 2. The molecule has 1 unspecified atom stereocenters. The van der Waals surface area contributed by atoms with Crippen LogP contribution in [0.15, 0.2) is 22.9 Å². The van der Waals surface area contributed by atoms with Gasteiger partial charge < -0.3 is 15.6 Å². The molecule has 6 nitrogen and oxygen atoms in total. The van der Waals surface area contributed by atoms with Crippen LogP contribution in [0.2, 0.25) is 0 Å². The topological polar surface area (TPSA) is 94.0 Å². The summed E-state index contributed by atoms with van der Waals surface area (Å²) in [5.41, 5.74) is 8.08. The smallest absolute Gasteiger partial charge is 0.270 e. The first kappa shape index (κ1) is 13.1. The van der Waals surface area contributed by atoms with Gasteiger partial charge in [-0.15, -0.1) is 0 Å². The molecule has 1 atom stereocenters. The van der Waals surface area contributed by atoms with Gasteiger partial charge in [-0.25, -0.2) is 0 Å². The molecule has 6 heteroatoms. The van der Waals surface area contributed by atoms with Crippen LogP contribution in [0.1, 0.15) is 40.5 Å². The summed E-state index contributed by atoms with van der Waals surface area (Å²) in [6.07, 6.45) is 1.50. The Labute approximate surface area is 111 Å². The Bertz CT molecular complexity index is 587. The quantitative estimate of drug-likeness (QED) is 0.876. The van der Waals surface area contributed by atoms with E-state index in [0.717, 1.165) is 11.3 Å². The van der Waals surface area contributed by atoms with Gasteiger partial charge in [-0.05, 0) is 32.9 Å². The summed E-state index contributed by atoms with van der Waals surface area (Å²) in [6.45, 7) is 5.53. The number of amides is 1. The van der Waals surface area contributed by atoms with Crippen molar-refractivity contribution in [1.29, 1.82) is 0 Å². The van der Waals surface area contributed by atoms with Crippen LogP contribution < -0.4 is 11.1 Å². The van der Waals surface area contributed by atoms with Gasteiger partial charge in [0, 0.05) is 17.4 Å². The van der Waals surface area contributed by atoms with E-state index < -0.39 is 0 Å². The van der Waals surface area contributed by atoms with Crippen molar-refractivity contribution in [2.75, 3.05) is 5.73 Å². The van der Waals surface area contributed by atoms with E-state index in [4.69, 9.17) is 10.3 Å². The second-order valence-corrected chi connectivity index (χ2v) is 4.41. The van der Waals surface area contributed by atoms with Crippen molar-refractivity contribution in [1.82, 2.24) is 15.5 Å². The minimum Gasteiger partial charge on any atom is -0.399 e. The molecule has 0 aromatic carbocycles. The van der Waals surface area contributed by atoms with E-state index >= 15 is 0 Å². The third-order valence-electron chi connectivity index (χ3n) is 2.89. The first-order valence-electron chi connectivity index (χ1n) is 5.94. The Balaban J connectivity index is 2.15. The van der Waals surface area contributed by atoms with Crippen LogP contribution in [0.3, 0.4) is 0 Å². The number of rotatable bonds is 3. The average Bonchev–Trinajstić information content (AvgIpc) is 2.69. The van der Waals surface area contributed by atoms with Crippen molar-refractivity contribution >= 4 is 11.6 Å². The van der Waals surface area contributed by atoms with E-state index in [0.29, 0.717) is 17.1 Å². The molecule has 1 amide bonds. The van der Waals surface area contributed by atoms with Gasteiger partial charge in [-0.3, -0.25) is 9.78 Å². The lowest BCUT2D eigenvalue weighted by Gasteiger charge is -2.13. The largest absolute Gasteiger partial charge is 0.399 e. The Hall–Kier alpha value is -2.37. The van der Waals surface area contributed by atoms with Crippen LogP contribution in [0.5, 0.6) is 0 Å². The maximum atomic E-state index is 12.0. The molecule has 0 bridgehead atoms. The van der Waals surface area contributed by atoms with Crippen LogP contribution in [0.25, 0.3) is 0 Å². The molecule has 0 saturated carbocycles. The predicted octanol–water partition coefficient (Wildman–Crippen LogP) is 1.76. The minimum atomic E-state index is -0.278. The number of anilines is 1. The van der Waals surface area contributed by atoms with Crippen LogP contribution in [0.4, 0.5) is 5.69 Å². The van der Waals surface area contributed by atoms with E-state index in [-0.39, 0.29) is 11.9 Å². The molecule has 2 aromatic rings. The maximum Gasteiger partial charge on any atom is 0.270 e. The fourth-order valence-electron chi connectivity index (χ4n) is 2.02. The number of nitrogens with one attached hydrogen (secondary N) is 1. The zero-order chi connectivity index (χ0) is 14.0. The summed E-state index contributed by atoms with van der Waals surface area (Å²) in [4.78, 5) is 16.0. The standard InChI is InChI=1S/C13H16N4O2/c1-7(12-8(2)17-19-9(12)3)16-13(18)11-6-10(14)4-5-15-11/h4-7H,1-3H3,(H2,14,15)(H,16,18). The Morgan fingerprint density at radius 2 is 2.21 bits per heavy atom. The third-order valence-corrected chi connectivity index (χ3v) is 2.89. The second kappa shape index (κ2) is 5.09. The molecular weight excluding hydrogens is 244 g/mol. The van der Waals surface area contributed by atoms with Gasteiger partial charge in [-0.2, -0.15) is 0 Å². The molecule has 2 aromatic heterocycles. The van der Waals surface area contributed by atoms with E-state index in [1.165, 1.54) is 12.3 Å². The Morgan fingerprint density at radius 3 is 2.79 bits per heavy atom. The van der Waals surface area contributed by atoms with Gasteiger partial charge in [0.05, 0.1) is 11.7 Å². The van der Waals surface area contributed by atoms with Gasteiger partial charge in [0.2, 0.25) is 0 Å². The van der Waals surface area contributed by atoms with E-state index in [2.05, 4.69) is 15.5 Å². The zero-order valence-corrected chi connectivity index (χ0v) is 11.1. The third kappa shape index (κ3) is 2.73. The maximum absolute atomic E-state index is 12.0. The highest BCUT2D eigenvalue weighted by Gasteiger charge is 2.19. The monoisotopic (exact) mass is 260 g/mol. The highest BCUT2D eigenvalue weighted by Crippen LogP contribution is 2.21. The summed E-state index contributed by atoms with van der Waals surface area (Å²) in [5.74, 6) is 0.422. The van der Waals surface area contributed by atoms with Crippen LogP contribution in [-0.4, -0.2) is 16.0 Å². The molecule has 3 N–H and O–H groups in total. The lowest BCUT2D eigenvalue weighted by molar-refractivity contribution is 0.0934. The molecule has 0 spiro atoms. The fourth-order valence-corrected chi connectivity index (χ4v) is 2.02. The normalized spacial score (nSPS) is 12.2. The molecule has 2 heterocycles. The summed E-state index contributed by atoms with van der Waals surface area (Å²) < 4.78 is 5.09. The Kier molecular flexibility index (Phi) is 3.50. The van der Waals surface area contributed by atoms with Gasteiger partial charge in [0.15, 0.2) is 0 Å². The molecule has 0 aliphatic carbocycles. The highest BCUT2D eigenvalue weighted by atomic mass is 16.5. The van der Waals surface area contributed by atoms with Gasteiger partial charge in [-0.1, -0.05) is 5.16 Å². The molecule has 0 aliphatic rings. The number of pyridine rings is 1. The molecule has 0 radical (unpaired) electrons. The van der Waals surface area contributed by atoms with Crippen molar-refractivity contribution in [3.63, 3.8) is 0 Å². The average molecular weight is 260 g/mol. The molecule has 0 aliphatic heterocycles. The SMILES string of the molecule is Cc1noc(C)c1C(C)NC(=O)c1cc(N)ccn1. The number of hydrogen-bond donors (Lipinski definition) is 2. The van der Waals surface area contributed by atoms with Crippen LogP contribution in [-0.2, 0) is 0 Å². The fraction of sp³-hybridized carbons (Fsp3) is 0.308. The summed E-state index contributed by atoms with van der Waals surface area (Å²) in [6, 6.07) is 2.96. The summed E-state index contributed by atoms with van der Waals surface area (Å²) in [7, 11) is 0. The molecule has 100 valence electrons. The zero-order valence-electron chi connectivity index (χ0n) is 11.1. The van der Waals surface area contributed by atoms with E-state index in [1.54, 1.807) is 6.07 Å². The molecule has 0 fully saturated rings. The molecule has 19 heavy (non-hydrogen) atoms. The first-order chi connectivity index (χ1) is 8.99. The number of carbonyl (C=O) groups excluding carboxylic acids is 1. The predicted molar refractivity (Wildman–Crippen MR) is 70.5 cm³/mol. The Morgan fingerprint density at radius 1 is 1.47 bits per heavy atom. The molecule has 2 rings (SSSR count). The number of nitrogens with two attached hydrogens (primary N) is 1. The summed E-state index contributed by atoms with van der Waals surface area (Å²) in [5, 5.41) is 6.72. The van der Waals surface area contributed by atoms with E-state index in [1.807, 2.05) is 20.8 Å². The first-order valence-corrected chi connectivity index (χ1v) is 5.94. The van der Waals surface area contributed by atoms with Gasteiger partial charge in [0.1, 0.15) is 11.5 Å². The van der Waals surface area contributed by atoms with Crippen molar-refractivity contribution in [2.45, 2.75) is 26.8 Å². The van der Waals surface area contributed by atoms with Crippen LogP contribution >= 0.6 is 0 Å². The number of aryl methyl sites for hydroxylation is 2. The second-order valence-electron chi connectivity index (χ2n) is 4.41. The lowest BCUT2D eigenvalue weighted by atomic mass is 10.1. The van der Waals surface area contributed by atoms with Crippen molar-refractivity contribution in [2.24, 2.45) is 0 Å². The lowest BCUT2D eigenvalue weighted by Crippen LogP contribution is -2.28. The van der Waals surface area contributed by atoms with E-state index in [9.17, 15) is 4.79 Å². The van der Waals surface area contributed by atoms with Crippen molar-refractivity contribution in [3.8, 4) is 0 Å².